The average Bonchev–Trinajstić information content (AvgIpc) is 2.14. The van der Waals surface area contributed by atoms with Crippen molar-refractivity contribution < 1.29 is 4.39 Å². The minimum atomic E-state index is -0.212. The third-order valence-electron chi connectivity index (χ3n) is 2.28. The minimum Gasteiger partial charge on any atom is -0.329 e. The third kappa shape index (κ3) is 3.45. The van der Waals surface area contributed by atoms with Crippen LogP contribution in [0, 0.1) is 12.7 Å². The molecule has 0 fully saturated rings. The van der Waals surface area contributed by atoms with Gasteiger partial charge >= 0.3 is 0 Å². The Morgan fingerprint density at radius 1 is 1.47 bits per heavy atom. The van der Waals surface area contributed by atoms with Gasteiger partial charge in [0, 0.05) is 24.7 Å². The fourth-order valence-electron chi connectivity index (χ4n) is 1.40. The number of hydrogen-bond acceptors (Lipinski definition) is 2. The highest BCUT2D eigenvalue weighted by atomic mass is 35.5. The van der Waals surface area contributed by atoms with Crippen molar-refractivity contribution in [1.82, 2.24) is 4.90 Å². The van der Waals surface area contributed by atoms with Gasteiger partial charge in [0.05, 0.1) is 0 Å². The predicted octanol–water partition coefficient (Wildman–Crippen LogP) is 2.18. The molecule has 0 heterocycles. The summed E-state index contributed by atoms with van der Waals surface area (Å²) in [6.07, 6.45) is 0. The Morgan fingerprint density at radius 2 is 2.13 bits per heavy atom. The van der Waals surface area contributed by atoms with Gasteiger partial charge in [-0.05, 0) is 37.2 Å². The van der Waals surface area contributed by atoms with E-state index in [1.54, 1.807) is 13.0 Å². The van der Waals surface area contributed by atoms with Crippen molar-refractivity contribution in [3.63, 3.8) is 0 Å². The van der Waals surface area contributed by atoms with E-state index in [1.807, 2.05) is 11.9 Å². The molecule has 0 saturated carbocycles. The summed E-state index contributed by atoms with van der Waals surface area (Å²) in [6.45, 7) is 3.68. The van der Waals surface area contributed by atoms with E-state index in [-0.39, 0.29) is 5.82 Å². The summed E-state index contributed by atoms with van der Waals surface area (Å²) in [4.78, 5) is 2.01. The van der Waals surface area contributed by atoms with E-state index in [0.717, 1.165) is 12.1 Å². The van der Waals surface area contributed by atoms with Crippen molar-refractivity contribution in [1.29, 1.82) is 0 Å². The second kappa shape index (κ2) is 5.45. The smallest absolute Gasteiger partial charge is 0.126 e. The molecule has 0 aliphatic carbocycles. The molecule has 0 unspecified atom stereocenters. The predicted molar refractivity (Wildman–Crippen MR) is 61.5 cm³/mol. The number of aryl methyl sites for hydroxylation is 1. The van der Waals surface area contributed by atoms with Crippen LogP contribution in [0.5, 0.6) is 0 Å². The number of halogens is 2. The summed E-state index contributed by atoms with van der Waals surface area (Å²) in [5.41, 5.74) is 6.80. The summed E-state index contributed by atoms with van der Waals surface area (Å²) < 4.78 is 13.3. The van der Waals surface area contributed by atoms with E-state index in [4.69, 9.17) is 17.3 Å². The summed E-state index contributed by atoms with van der Waals surface area (Å²) >= 11 is 6.02. The first-order chi connectivity index (χ1) is 7.04. The van der Waals surface area contributed by atoms with Gasteiger partial charge in [0.1, 0.15) is 5.82 Å². The molecule has 0 bridgehead atoms. The Bertz CT molecular complexity index is 342. The van der Waals surface area contributed by atoms with Gasteiger partial charge in [-0.15, -0.1) is 0 Å². The van der Waals surface area contributed by atoms with Crippen LogP contribution in [0.1, 0.15) is 11.1 Å². The highest BCUT2D eigenvalue weighted by molar-refractivity contribution is 6.31. The molecule has 0 radical (unpaired) electrons. The fraction of sp³-hybridized carbons (Fsp3) is 0.455. The van der Waals surface area contributed by atoms with Crippen molar-refractivity contribution in [3.8, 4) is 0 Å². The molecule has 1 rings (SSSR count). The number of hydrogen-bond donors (Lipinski definition) is 1. The van der Waals surface area contributed by atoms with Gasteiger partial charge in [0.2, 0.25) is 0 Å². The molecule has 0 spiro atoms. The Kier molecular flexibility index (Phi) is 4.51. The first-order valence-corrected chi connectivity index (χ1v) is 5.25. The second-order valence-electron chi connectivity index (χ2n) is 3.72. The number of benzene rings is 1. The van der Waals surface area contributed by atoms with Crippen LogP contribution in [0.3, 0.4) is 0 Å². The lowest BCUT2D eigenvalue weighted by molar-refractivity contribution is 0.336. The third-order valence-corrected chi connectivity index (χ3v) is 2.63. The summed E-state index contributed by atoms with van der Waals surface area (Å²) in [5.74, 6) is -0.212. The van der Waals surface area contributed by atoms with E-state index in [2.05, 4.69) is 0 Å². The van der Waals surface area contributed by atoms with Crippen LogP contribution in [0.4, 0.5) is 4.39 Å². The molecule has 2 nitrogen and oxygen atoms in total. The minimum absolute atomic E-state index is 0.212. The molecule has 15 heavy (non-hydrogen) atoms. The SMILES string of the molecule is Cc1cc(Cl)c(CN(C)CCN)cc1F. The molecule has 2 N–H and O–H groups in total. The van der Waals surface area contributed by atoms with Gasteiger partial charge in [-0.1, -0.05) is 11.6 Å². The Morgan fingerprint density at radius 3 is 2.73 bits per heavy atom. The Balaban J connectivity index is 2.81. The van der Waals surface area contributed by atoms with Crippen LogP contribution < -0.4 is 5.73 Å². The molecule has 0 aromatic heterocycles. The topological polar surface area (TPSA) is 29.3 Å². The van der Waals surface area contributed by atoms with E-state index >= 15 is 0 Å². The summed E-state index contributed by atoms with van der Waals surface area (Å²) in [6, 6.07) is 3.15. The first-order valence-electron chi connectivity index (χ1n) is 4.87. The van der Waals surface area contributed by atoms with Crippen LogP contribution in [0.15, 0.2) is 12.1 Å². The van der Waals surface area contributed by atoms with Crippen LogP contribution in [-0.2, 0) is 6.54 Å². The van der Waals surface area contributed by atoms with Crippen molar-refractivity contribution in [2.24, 2.45) is 5.73 Å². The highest BCUT2D eigenvalue weighted by Crippen LogP contribution is 2.21. The molecule has 0 amide bonds. The highest BCUT2D eigenvalue weighted by Gasteiger charge is 2.07. The van der Waals surface area contributed by atoms with E-state index in [9.17, 15) is 4.39 Å². The molecule has 1 aromatic carbocycles. The molecule has 4 heteroatoms. The molecule has 0 aliphatic heterocycles. The van der Waals surface area contributed by atoms with Gasteiger partial charge in [-0.3, -0.25) is 0 Å². The lowest BCUT2D eigenvalue weighted by atomic mass is 10.1. The van der Waals surface area contributed by atoms with Crippen molar-refractivity contribution in [2.75, 3.05) is 20.1 Å². The van der Waals surface area contributed by atoms with Gasteiger partial charge in [-0.2, -0.15) is 0 Å². The largest absolute Gasteiger partial charge is 0.329 e. The van der Waals surface area contributed by atoms with E-state index in [0.29, 0.717) is 23.7 Å². The zero-order valence-electron chi connectivity index (χ0n) is 9.06. The molecule has 0 atom stereocenters. The van der Waals surface area contributed by atoms with Crippen LogP contribution in [0.2, 0.25) is 5.02 Å². The zero-order valence-corrected chi connectivity index (χ0v) is 9.81. The zero-order chi connectivity index (χ0) is 11.4. The fourth-order valence-corrected chi connectivity index (χ4v) is 1.68. The molecule has 0 aliphatic rings. The number of nitrogens with two attached hydrogens (primary N) is 1. The van der Waals surface area contributed by atoms with Gasteiger partial charge in [-0.25, -0.2) is 4.39 Å². The van der Waals surface area contributed by atoms with Crippen molar-refractivity contribution in [3.05, 3.63) is 34.1 Å². The monoisotopic (exact) mass is 230 g/mol. The Labute approximate surface area is 94.8 Å². The van der Waals surface area contributed by atoms with Gasteiger partial charge in [0.15, 0.2) is 0 Å². The maximum Gasteiger partial charge on any atom is 0.126 e. The standard InChI is InChI=1S/C11H16ClFN2/c1-8-5-10(12)9(6-11(8)13)7-15(2)4-3-14/h5-6H,3-4,7,14H2,1-2H3. The average molecular weight is 231 g/mol. The normalized spacial score (nSPS) is 11.1. The summed E-state index contributed by atoms with van der Waals surface area (Å²) in [7, 11) is 1.93. The van der Waals surface area contributed by atoms with Crippen molar-refractivity contribution in [2.45, 2.75) is 13.5 Å². The molecular weight excluding hydrogens is 215 g/mol. The molecule has 1 aromatic rings. The molecule has 0 saturated heterocycles. The van der Waals surface area contributed by atoms with Gasteiger partial charge < -0.3 is 10.6 Å². The van der Waals surface area contributed by atoms with Gasteiger partial charge in [0.25, 0.3) is 0 Å². The van der Waals surface area contributed by atoms with Crippen LogP contribution in [0.25, 0.3) is 0 Å². The second-order valence-corrected chi connectivity index (χ2v) is 4.13. The number of nitrogens with zero attached hydrogens (tertiary/aromatic N) is 1. The van der Waals surface area contributed by atoms with Crippen molar-refractivity contribution >= 4 is 11.6 Å². The first kappa shape index (κ1) is 12.4. The Hall–Kier alpha value is -0.640. The number of likely N-dealkylation sites (N-methyl/N-ethyl adjacent to an activating group) is 1. The maximum absolute atomic E-state index is 13.3. The summed E-state index contributed by atoms with van der Waals surface area (Å²) in [5, 5.41) is 0.609. The number of rotatable bonds is 4. The van der Waals surface area contributed by atoms with E-state index in [1.165, 1.54) is 6.07 Å². The molecule has 84 valence electrons. The quantitative estimate of drug-likeness (QED) is 0.859. The van der Waals surface area contributed by atoms with Crippen LogP contribution in [-0.4, -0.2) is 25.0 Å². The molecular formula is C11H16ClFN2. The van der Waals surface area contributed by atoms with Crippen LogP contribution >= 0.6 is 11.6 Å². The lowest BCUT2D eigenvalue weighted by Crippen LogP contribution is -2.25. The maximum atomic E-state index is 13.3. The van der Waals surface area contributed by atoms with E-state index < -0.39 is 0 Å². The lowest BCUT2D eigenvalue weighted by Gasteiger charge is -2.16.